The topological polar surface area (TPSA) is 53.6 Å². The van der Waals surface area contributed by atoms with Gasteiger partial charge in [-0.15, -0.1) is 0 Å². The Balaban J connectivity index is 1.88. The summed E-state index contributed by atoms with van der Waals surface area (Å²) in [5, 5.41) is 10.0. The SMILES string of the molecule is CC(C)(C)Cc1nc(CCNc2cccc(C(F)(F)F)c2)n[nH]1. The molecule has 1 aromatic carbocycles. The Kier molecular flexibility index (Phi) is 4.97. The van der Waals surface area contributed by atoms with Crippen LogP contribution >= 0.6 is 0 Å². The number of benzene rings is 1. The van der Waals surface area contributed by atoms with Crippen molar-refractivity contribution in [2.45, 2.75) is 39.8 Å². The predicted molar refractivity (Wildman–Crippen MR) is 83.2 cm³/mol. The molecular formula is C16H21F3N4. The van der Waals surface area contributed by atoms with Gasteiger partial charge in [0.05, 0.1) is 5.56 Å². The number of hydrogen-bond donors (Lipinski definition) is 2. The summed E-state index contributed by atoms with van der Waals surface area (Å²) in [6, 6.07) is 5.15. The second kappa shape index (κ2) is 6.60. The van der Waals surface area contributed by atoms with Gasteiger partial charge in [-0.05, 0) is 23.6 Å². The fourth-order valence-corrected chi connectivity index (χ4v) is 2.15. The summed E-state index contributed by atoms with van der Waals surface area (Å²) in [6.07, 6.45) is -3.00. The largest absolute Gasteiger partial charge is 0.416 e. The van der Waals surface area contributed by atoms with E-state index >= 15 is 0 Å². The lowest BCUT2D eigenvalue weighted by Gasteiger charge is -2.15. The van der Waals surface area contributed by atoms with Crippen molar-refractivity contribution in [3.05, 3.63) is 41.5 Å². The van der Waals surface area contributed by atoms with E-state index in [0.717, 1.165) is 24.4 Å². The Hall–Kier alpha value is -2.05. The monoisotopic (exact) mass is 326 g/mol. The van der Waals surface area contributed by atoms with Crippen molar-refractivity contribution in [2.24, 2.45) is 5.41 Å². The Bertz CT molecular complexity index is 641. The van der Waals surface area contributed by atoms with Gasteiger partial charge in [0.15, 0.2) is 5.82 Å². The number of H-pyrrole nitrogens is 1. The van der Waals surface area contributed by atoms with E-state index in [0.29, 0.717) is 24.5 Å². The molecule has 2 rings (SSSR count). The second-order valence-corrected chi connectivity index (χ2v) is 6.69. The van der Waals surface area contributed by atoms with Crippen LogP contribution in [-0.2, 0) is 19.0 Å². The summed E-state index contributed by atoms with van der Waals surface area (Å²) in [7, 11) is 0. The van der Waals surface area contributed by atoms with Crippen molar-refractivity contribution in [3.8, 4) is 0 Å². The van der Waals surface area contributed by atoms with Crippen LogP contribution in [0.2, 0.25) is 0 Å². The highest BCUT2D eigenvalue weighted by Crippen LogP contribution is 2.30. The lowest BCUT2D eigenvalue weighted by atomic mass is 9.92. The Morgan fingerprint density at radius 1 is 1.17 bits per heavy atom. The van der Waals surface area contributed by atoms with Crippen LogP contribution in [0, 0.1) is 5.41 Å². The maximum Gasteiger partial charge on any atom is 0.416 e. The predicted octanol–water partition coefficient (Wildman–Crippen LogP) is 4.07. The third-order valence-corrected chi connectivity index (χ3v) is 3.14. The van der Waals surface area contributed by atoms with Crippen LogP contribution < -0.4 is 5.32 Å². The van der Waals surface area contributed by atoms with E-state index in [2.05, 4.69) is 41.3 Å². The number of halogens is 3. The van der Waals surface area contributed by atoms with Crippen LogP contribution in [0.4, 0.5) is 18.9 Å². The number of aromatic nitrogens is 3. The van der Waals surface area contributed by atoms with Gasteiger partial charge in [0.2, 0.25) is 0 Å². The quantitative estimate of drug-likeness (QED) is 0.871. The first-order chi connectivity index (χ1) is 10.6. The highest BCUT2D eigenvalue weighted by Gasteiger charge is 2.30. The summed E-state index contributed by atoms with van der Waals surface area (Å²) in [5.74, 6) is 1.48. The molecule has 0 bridgehead atoms. The molecule has 0 amide bonds. The highest BCUT2D eigenvalue weighted by atomic mass is 19.4. The minimum absolute atomic E-state index is 0.118. The van der Waals surface area contributed by atoms with Gasteiger partial charge in [0, 0.05) is 25.1 Å². The molecule has 0 saturated carbocycles. The third-order valence-electron chi connectivity index (χ3n) is 3.14. The van der Waals surface area contributed by atoms with E-state index in [4.69, 9.17) is 0 Å². The van der Waals surface area contributed by atoms with E-state index in [9.17, 15) is 13.2 Å². The smallest absolute Gasteiger partial charge is 0.385 e. The second-order valence-electron chi connectivity index (χ2n) is 6.69. The van der Waals surface area contributed by atoms with Gasteiger partial charge < -0.3 is 5.32 Å². The van der Waals surface area contributed by atoms with E-state index in [1.54, 1.807) is 6.07 Å². The van der Waals surface area contributed by atoms with Gasteiger partial charge in [-0.25, -0.2) is 4.98 Å². The first kappa shape index (κ1) is 17.3. The molecule has 1 heterocycles. The summed E-state index contributed by atoms with van der Waals surface area (Å²) in [4.78, 5) is 4.40. The molecule has 1 aromatic heterocycles. The highest BCUT2D eigenvalue weighted by molar-refractivity contribution is 5.46. The van der Waals surface area contributed by atoms with E-state index in [1.165, 1.54) is 6.07 Å². The standard InChI is InChI=1S/C16H21F3N4/c1-15(2,3)10-14-21-13(22-23-14)7-8-20-12-6-4-5-11(9-12)16(17,18)19/h4-6,9,20H,7-8,10H2,1-3H3,(H,21,22,23). The van der Waals surface area contributed by atoms with Crippen LogP contribution in [0.15, 0.2) is 24.3 Å². The van der Waals surface area contributed by atoms with Gasteiger partial charge in [-0.3, -0.25) is 5.10 Å². The van der Waals surface area contributed by atoms with Crippen molar-refractivity contribution >= 4 is 5.69 Å². The molecule has 4 nitrogen and oxygen atoms in total. The molecular weight excluding hydrogens is 305 g/mol. The van der Waals surface area contributed by atoms with Crippen LogP contribution in [0.1, 0.15) is 38.0 Å². The summed E-state index contributed by atoms with van der Waals surface area (Å²) >= 11 is 0. The zero-order chi connectivity index (χ0) is 17.1. The Morgan fingerprint density at radius 2 is 1.91 bits per heavy atom. The van der Waals surface area contributed by atoms with Crippen LogP contribution in [0.25, 0.3) is 0 Å². The minimum Gasteiger partial charge on any atom is -0.385 e. The van der Waals surface area contributed by atoms with Gasteiger partial charge in [0.1, 0.15) is 5.82 Å². The van der Waals surface area contributed by atoms with Crippen molar-refractivity contribution in [2.75, 3.05) is 11.9 Å². The molecule has 2 N–H and O–H groups in total. The number of nitrogens with one attached hydrogen (secondary N) is 2. The number of anilines is 1. The molecule has 23 heavy (non-hydrogen) atoms. The molecule has 0 aliphatic rings. The molecule has 0 unspecified atom stereocenters. The van der Waals surface area contributed by atoms with E-state index in [-0.39, 0.29) is 5.41 Å². The first-order valence-electron chi connectivity index (χ1n) is 7.45. The minimum atomic E-state index is -4.33. The number of hydrogen-bond acceptors (Lipinski definition) is 3. The average Bonchev–Trinajstić information content (AvgIpc) is 2.83. The summed E-state index contributed by atoms with van der Waals surface area (Å²) in [6.45, 7) is 6.81. The lowest BCUT2D eigenvalue weighted by Crippen LogP contribution is -2.11. The van der Waals surface area contributed by atoms with Crippen molar-refractivity contribution in [1.29, 1.82) is 0 Å². The number of alkyl halides is 3. The van der Waals surface area contributed by atoms with Crippen LogP contribution in [0.5, 0.6) is 0 Å². The summed E-state index contributed by atoms with van der Waals surface area (Å²) < 4.78 is 37.9. The normalized spacial score (nSPS) is 12.4. The van der Waals surface area contributed by atoms with Crippen molar-refractivity contribution < 1.29 is 13.2 Å². The number of aromatic amines is 1. The number of nitrogens with zero attached hydrogens (tertiary/aromatic N) is 2. The van der Waals surface area contributed by atoms with Gasteiger partial charge in [0.25, 0.3) is 0 Å². The fourth-order valence-electron chi connectivity index (χ4n) is 2.15. The van der Waals surface area contributed by atoms with Gasteiger partial charge in [-0.2, -0.15) is 18.3 Å². The maximum absolute atomic E-state index is 12.6. The zero-order valence-electron chi connectivity index (χ0n) is 13.5. The zero-order valence-corrected chi connectivity index (χ0v) is 13.5. The molecule has 0 saturated heterocycles. The van der Waals surface area contributed by atoms with Crippen molar-refractivity contribution in [1.82, 2.24) is 15.2 Å². The van der Waals surface area contributed by atoms with Crippen LogP contribution in [0.3, 0.4) is 0 Å². The lowest BCUT2D eigenvalue weighted by molar-refractivity contribution is -0.137. The number of rotatable bonds is 5. The molecule has 0 aliphatic heterocycles. The maximum atomic E-state index is 12.6. The molecule has 0 aliphatic carbocycles. The molecule has 0 fully saturated rings. The van der Waals surface area contributed by atoms with E-state index in [1.807, 2.05) is 0 Å². The average molecular weight is 326 g/mol. The molecule has 0 spiro atoms. The summed E-state index contributed by atoms with van der Waals surface area (Å²) in [5.41, 5.74) is -0.106. The molecule has 2 aromatic rings. The van der Waals surface area contributed by atoms with Gasteiger partial charge >= 0.3 is 6.18 Å². The molecule has 126 valence electrons. The fraction of sp³-hybridized carbons (Fsp3) is 0.500. The Labute approximate surface area is 133 Å². The van der Waals surface area contributed by atoms with Gasteiger partial charge in [-0.1, -0.05) is 26.8 Å². The first-order valence-corrected chi connectivity index (χ1v) is 7.45. The third kappa shape index (κ3) is 5.58. The van der Waals surface area contributed by atoms with Crippen molar-refractivity contribution in [3.63, 3.8) is 0 Å². The molecule has 7 heteroatoms. The molecule has 0 atom stereocenters. The van der Waals surface area contributed by atoms with Crippen LogP contribution in [-0.4, -0.2) is 21.7 Å². The molecule has 0 radical (unpaired) electrons. The van der Waals surface area contributed by atoms with E-state index < -0.39 is 11.7 Å². The Morgan fingerprint density at radius 3 is 2.57 bits per heavy atom.